The molecule has 0 radical (unpaired) electrons. The smallest absolute Gasteiger partial charge is 0.251 e. The molecule has 0 spiro atoms. The van der Waals surface area contributed by atoms with E-state index in [1.165, 1.54) is 18.2 Å². The highest BCUT2D eigenvalue weighted by Crippen LogP contribution is 2.09. The SMILES string of the molecule is Cc1cc(F)ccc1C(=O)NCC(=O)N1CCNCC1. The number of benzene rings is 1. The Morgan fingerprint density at radius 3 is 2.70 bits per heavy atom. The third kappa shape index (κ3) is 3.54. The minimum absolute atomic E-state index is 0.0321. The molecule has 1 aromatic carbocycles. The number of piperazine rings is 1. The summed E-state index contributed by atoms with van der Waals surface area (Å²) in [5.41, 5.74) is 0.941. The Kier molecular flexibility index (Phi) is 4.68. The largest absolute Gasteiger partial charge is 0.343 e. The Labute approximate surface area is 117 Å². The lowest BCUT2D eigenvalue weighted by atomic mass is 10.1. The highest BCUT2D eigenvalue weighted by Gasteiger charge is 2.17. The molecule has 2 rings (SSSR count). The van der Waals surface area contributed by atoms with Gasteiger partial charge in [-0.15, -0.1) is 0 Å². The van der Waals surface area contributed by atoms with E-state index in [0.717, 1.165) is 13.1 Å². The quantitative estimate of drug-likeness (QED) is 0.836. The maximum Gasteiger partial charge on any atom is 0.251 e. The summed E-state index contributed by atoms with van der Waals surface area (Å²) in [6, 6.07) is 3.96. The van der Waals surface area contributed by atoms with Crippen LogP contribution in [0.3, 0.4) is 0 Å². The van der Waals surface area contributed by atoms with Crippen LogP contribution in [-0.4, -0.2) is 49.4 Å². The fraction of sp³-hybridized carbons (Fsp3) is 0.429. The van der Waals surface area contributed by atoms with E-state index in [-0.39, 0.29) is 24.2 Å². The summed E-state index contributed by atoms with van der Waals surface area (Å²) in [6.07, 6.45) is 0. The van der Waals surface area contributed by atoms with Crippen molar-refractivity contribution in [3.63, 3.8) is 0 Å². The van der Waals surface area contributed by atoms with Crippen LogP contribution in [0.4, 0.5) is 4.39 Å². The van der Waals surface area contributed by atoms with Crippen molar-refractivity contribution in [1.82, 2.24) is 15.5 Å². The molecule has 1 heterocycles. The van der Waals surface area contributed by atoms with Crippen molar-refractivity contribution in [2.24, 2.45) is 0 Å². The molecule has 20 heavy (non-hydrogen) atoms. The minimum atomic E-state index is -0.379. The number of carbonyl (C=O) groups is 2. The molecule has 0 bridgehead atoms. The van der Waals surface area contributed by atoms with Gasteiger partial charge in [-0.3, -0.25) is 9.59 Å². The van der Waals surface area contributed by atoms with E-state index in [4.69, 9.17) is 0 Å². The summed E-state index contributed by atoms with van der Waals surface area (Å²) >= 11 is 0. The van der Waals surface area contributed by atoms with Crippen LogP contribution in [0.1, 0.15) is 15.9 Å². The second-order valence-electron chi connectivity index (χ2n) is 4.77. The number of hydrogen-bond acceptors (Lipinski definition) is 3. The fourth-order valence-electron chi connectivity index (χ4n) is 2.16. The molecular weight excluding hydrogens is 261 g/mol. The van der Waals surface area contributed by atoms with Gasteiger partial charge >= 0.3 is 0 Å². The van der Waals surface area contributed by atoms with Gasteiger partial charge in [-0.1, -0.05) is 0 Å². The minimum Gasteiger partial charge on any atom is -0.343 e. The molecule has 2 N–H and O–H groups in total. The maximum absolute atomic E-state index is 13.0. The zero-order valence-corrected chi connectivity index (χ0v) is 11.4. The summed E-state index contributed by atoms with van der Waals surface area (Å²) in [6.45, 7) is 4.49. The number of amides is 2. The van der Waals surface area contributed by atoms with E-state index in [1.807, 2.05) is 0 Å². The lowest BCUT2D eigenvalue weighted by Crippen LogP contribution is -2.49. The van der Waals surface area contributed by atoms with Gasteiger partial charge in [0.15, 0.2) is 0 Å². The number of nitrogens with zero attached hydrogens (tertiary/aromatic N) is 1. The van der Waals surface area contributed by atoms with Gasteiger partial charge in [-0.2, -0.15) is 0 Å². The average Bonchev–Trinajstić information content (AvgIpc) is 2.45. The number of aryl methyl sites for hydroxylation is 1. The molecule has 2 amide bonds. The molecule has 1 aliphatic heterocycles. The van der Waals surface area contributed by atoms with Crippen LogP contribution in [0.5, 0.6) is 0 Å². The number of hydrogen-bond donors (Lipinski definition) is 2. The lowest BCUT2D eigenvalue weighted by Gasteiger charge is -2.27. The zero-order chi connectivity index (χ0) is 14.5. The van der Waals surface area contributed by atoms with Gasteiger partial charge in [0, 0.05) is 31.7 Å². The fourth-order valence-corrected chi connectivity index (χ4v) is 2.16. The molecule has 0 aliphatic carbocycles. The van der Waals surface area contributed by atoms with E-state index in [1.54, 1.807) is 11.8 Å². The summed E-state index contributed by atoms with van der Waals surface area (Å²) in [7, 11) is 0. The molecule has 1 aromatic rings. The molecule has 1 saturated heterocycles. The van der Waals surface area contributed by atoms with E-state index in [0.29, 0.717) is 24.2 Å². The maximum atomic E-state index is 13.0. The lowest BCUT2D eigenvalue weighted by molar-refractivity contribution is -0.130. The van der Waals surface area contributed by atoms with Gasteiger partial charge in [-0.05, 0) is 30.7 Å². The summed E-state index contributed by atoms with van der Waals surface area (Å²) in [4.78, 5) is 25.6. The van der Waals surface area contributed by atoms with Gasteiger partial charge in [0.1, 0.15) is 5.82 Å². The molecule has 0 aromatic heterocycles. The normalized spacial score (nSPS) is 15.0. The van der Waals surface area contributed by atoms with Crippen molar-refractivity contribution in [2.45, 2.75) is 6.92 Å². The van der Waals surface area contributed by atoms with E-state index < -0.39 is 0 Å². The Balaban J connectivity index is 1.89. The molecule has 0 saturated carbocycles. The molecule has 0 atom stereocenters. The molecule has 6 heteroatoms. The van der Waals surface area contributed by atoms with Crippen molar-refractivity contribution >= 4 is 11.8 Å². The zero-order valence-electron chi connectivity index (χ0n) is 11.4. The Morgan fingerprint density at radius 2 is 2.05 bits per heavy atom. The molecular formula is C14H18FN3O2. The van der Waals surface area contributed by atoms with Crippen molar-refractivity contribution in [1.29, 1.82) is 0 Å². The van der Waals surface area contributed by atoms with Crippen molar-refractivity contribution in [3.8, 4) is 0 Å². The number of halogens is 1. The highest BCUT2D eigenvalue weighted by molar-refractivity contribution is 5.97. The van der Waals surface area contributed by atoms with Crippen LogP contribution in [0, 0.1) is 12.7 Å². The molecule has 5 nitrogen and oxygen atoms in total. The van der Waals surface area contributed by atoms with Gasteiger partial charge in [0.25, 0.3) is 5.91 Å². The first-order valence-corrected chi connectivity index (χ1v) is 6.61. The third-order valence-electron chi connectivity index (χ3n) is 3.30. The van der Waals surface area contributed by atoms with Crippen molar-refractivity contribution in [2.75, 3.05) is 32.7 Å². The third-order valence-corrected chi connectivity index (χ3v) is 3.30. The summed E-state index contributed by atoms with van der Waals surface area (Å²) in [5.74, 6) is -0.832. The predicted molar refractivity (Wildman–Crippen MR) is 72.9 cm³/mol. The molecule has 0 unspecified atom stereocenters. The van der Waals surface area contributed by atoms with Gasteiger partial charge < -0.3 is 15.5 Å². The first-order valence-electron chi connectivity index (χ1n) is 6.61. The number of rotatable bonds is 3. The molecule has 1 fully saturated rings. The second kappa shape index (κ2) is 6.47. The first kappa shape index (κ1) is 14.5. The van der Waals surface area contributed by atoms with E-state index in [9.17, 15) is 14.0 Å². The van der Waals surface area contributed by atoms with Crippen molar-refractivity contribution < 1.29 is 14.0 Å². The Hall–Kier alpha value is -1.95. The molecule has 1 aliphatic rings. The van der Waals surface area contributed by atoms with Gasteiger partial charge in [0.2, 0.25) is 5.91 Å². The van der Waals surface area contributed by atoms with E-state index in [2.05, 4.69) is 10.6 Å². The summed E-state index contributed by atoms with van der Waals surface area (Å²) < 4.78 is 13.0. The van der Waals surface area contributed by atoms with Crippen LogP contribution in [0.15, 0.2) is 18.2 Å². The standard InChI is InChI=1S/C14H18FN3O2/c1-10-8-11(15)2-3-12(10)14(20)17-9-13(19)18-6-4-16-5-7-18/h2-3,8,16H,4-7,9H2,1H3,(H,17,20). The van der Waals surface area contributed by atoms with Crippen LogP contribution in [-0.2, 0) is 4.79 Å². The summed E-state index contributed by atoms with van der Waals surface area (Å²) in [5, 5.41) is 5.74. The average molecular weight is 279 g/mol. The number of carbonyl (C=O) groups excluding carboxylic acids is 2. The van der Waals surface area contributed by atoms with Crippen LogP contribution < -0.4 is 10.6 Å². The highest BCUT2D eigenvalue weighted by atomic mass is 19.1. The first-order chi connectivity index (χ1) is 9.58. The van der Waals surface area contributed by atoms with Crippen LogP contribution in [0.25, 0.3) is 0 Å². The van der Waals surface area contributed by atoms with Crippen LogP contribution in [0.2, 0.25) is 0 Å². The van der Waals surface area contributed by atoms with Crippen LogP contribution >= 0.6 is 0 Å². The Morgan fingerprint density at radius 1 is 1.35 bits per heavy atom. The van der Waals surface area contributed by atoms with Gasteiger partial charge in [-0.25, -0.2) is 4.39 Å². The Bertz CT molecular complexity index is 513. The molecule has 108 valence electrons. The van der Waals surface area contributed by atoms with Gasteiger partial charge in [0.05, 0.1) is 6.54 Å². The predicted octanol–water partition coefficient (Wildman–Crippen LogP) is 0.296. The topological polar surface area (TPSA) is 61.4 Å². The number of nitrogens with one attached hydrogen (secondary N) is 2. The monoisotopic (exact) mass is 279 g/mol. The van der Waals surface area contributed by atoms with Crippen molar-refractivity contribution in [3.05, 3.63) is 35.1 Å². The van der Waals surface area contributed by atoms with E-state index >= 15 is 0 Å². The second-order valence-corrected chi connectivity index (χ2v) is 4.77.